The highest BCUT2D eigenvalue weighted by molar-refractivity contribution is 7.54. The third-order valence-corrected chi connectivity index (χ3v) is 5.41. The van der Waals surface area contributed by atoms with Crippen LogP contribution in [0.25, 0.3) is 0 Å². The van der Waals surface area contributed by atoms with Gasteiger partial charge in [0.25, 0.3) is 0 Å². The van der Waals surface area contributed by atoms with Crippen molar-refractivity contribution in [3.05, 3.63) is 0 Å². The van der Waals surface area contributed by atoms with Crippen molar-refractivity contribution in [2.75, 3.05) is 39.1 Å². The van der Waals surface area contributed by atoms with Crippen LogP contribution in [-0.2, 0) is 32.0 Å². The molecule has 0 amide bonds. The second-order valence-electron chi connectivity index (χ2n) is 3.36. The van der Waals surface area contributed by atoms with Gasteiger partial charge in [0.15, 0.2) is 0 Å². The zero-order chi connectivity index (χ0) is 14.8. The van der Waals surface area contributed by atoms with Crippen LogP contribution in [0.3, 0.4) is 0 Å². The van der Waals surface area contributed by atoms with Crippen LogP contribution in [0.1, 0.15) is 27.7 Å². The summed E-state index contributed by atoms with van der Waals surface area (Å²) in [6.45, 7) is 7.80. The van der Waals surface area contributed by atoms with E-state index < -0.39 is 15.2 Å². The number of hydrogen-bond donors (Lipinski definition) is 0. The van der Waals surface area contributed by atoms with Gasteiger partial charge in [-0.15, -0.1) is 0 Å². The quantitative estimate of drug-likeness (QED) is 0.510. The minimum atomic E-state index is -3.30. The highest BCUT2D eigenvalue weighted by Crippen LogP contribution is 2.51. The minimum absolute atomic E-state index is 0.245. The molecule has 0 saturated heterocycles. The van der Waals surface area contributed by atoms with E-state index in [0.717, 1.165) is 0 Å². The number of rotatable bonds is 12. The summed E-state index contributed by atoms with van der Waals surface area (Å²) in [7, 11) is -6.60. The fourth-order valence-corrected chi connectivity index (χ4v) is 4.07. The molecule has 7 nitrogen and oxygen atoms in total. The van der Waals surface area contributed by atoms with Gasteiger partial charge in [-0.05, 0) is 27.7 Å². The van der Waals surface area contributed by atoms with Gasteiger partial charge in [-0.3, -0.25) is 9.13 Å². The zero-order valence-electron chi connectivity index (χ0n) is 12.0. The summed E-state index contributed by atoms with van der Waals surface area (Å²) >= 11 is 0. The Labute approximate surface area is 115 Å². The predicted octanol–water partition coefficient (Wildman–Crippen LogP) is 3.45. The van der Waals surface area contributed by atoms with Crippen LogP contribution in [0.5, 0.6) is 0 Å². The molecule has 0 atom stereocenters. The molecule has 0 aromatic heterocycles. The molecule has 0 bridgehead atoms. The monoisotopic (exact) mass is 318 g/mol. The molecule has 0 unspecified atom stereocenters. The van der Waals surface area contributed by atoms with Gasteiger partial charge < -0.3 is 22.8 Å². The first-order valence-electron chi connectivity index (χ1n) is 6.29. The van der Waals surface area contributed by atoms with Crippen molar-refractivity contribution in [2.45, 2.75) is 27.7 Å². The lowest BCUT2D eigenvalue weighted by atomic mass is 10.9. The number of ether oxygens (including phenoxy) is 1. The molecule has 0 aliphatic rings. The van der Waals surface area contributed by atoms with Crippen molar-refractivity contribution in [3.63, 3.8) is 0 Å². The zero-order valence-corrected chi connectivity index (χ0v) is 13.8. The topological polar surface area (TPSA) is 80.3 Å². The van der Waals surface area contributed by atoms with Crippen LogP contribution in [0.15, 0.2) is 0 Å². The van der Waals surface area contributed by atoms with Crippen molar-refractivity contribution in [2.24, 2.45) is 0 Å². The molecule has 0 saturated carbocycles. The van der Waals surface area contributed by atoms with Crippen LogP contribution in [0.2, 0.25) is 0 Å². The fourth-order valence-electron chi connectivity index (χ4n) is 1.27. The molecule has 0 spiro atoms. The van der Waals surface area contributed by atoms with E-state index in [1.165, 1.54) is 0 Å². The van der Waals surface area contributed by atoms with Gasteiger partial charge in [0.2, 0.25) is 0 Å². The second-order valence-corrected chi connectivity index (χ2v) is 7.35. The SMILES string of the molecule is CCOP(=O)(COCP(=O)(OCC)OCC)OCC. The highest BCUT2D eigenvalue weighted by Gasteiger charge is 2.28. The highest BCUT2D eigenvalue weighted by atomic mass is 31.2. The lowest BCUT2D eigenvalue weighted by Crippen LogP contribution is -2.07. The third-order valence-electron chi connectivity index (χ3n) is 1.80. The van der Waals surface area contributed by atoms with Gasteiger partial charge in [-0.25, -0.2) is 0 Å². The molecular formula is C10H24O7P2. The summed E-state index contributed by atoms with van der Waals surface area (Å²) in [5, 5.41) is 0. The first-order valence-corrected chi connectivity index (χ1v) is 9.74. The van der Waals surface area contributed by atoms with Gasteiger partial charge in [-0.2, -0.15) is 0 Å². The molecule has 0 fully saturated rings. The molecular weight excluding hydrogens is 294 g/mol. The molecule has 0 heterocycles. The largest absolute Gasteiger partial charge is 0.356 e. The standard InChI is InChI=1S/C10H24O7P2/c1-5-14-18(11,15-6-2)9-13-10-19(12,16-7-3)17-8-4/h5-10H2,1-4H3. The lowest BCUT2D eigenvalue weighted by molar-refractivity contribution is 0.132. The maximum Gasteiger partial charge on any atom is 0.356 e. The summed E-state index contributed by atoms with van der Waals surface area (Å²) in [5.74, 6) is 0. The van der Waals surface area contributed by atoms with E-state index in [1.807, 2.05) is 0 Å². The fraction of sp³-hybridized carbons (Fsp3) is 1.00. The van der Waals surface area contributed by atoms with Crippen LogP contribution in [0, 0.1) is 0 Å². The Kier molecular flexibility index (Phi) is 10.2. The summed E-state index contributed by atoms with van der Waals surface area (Å²) < 4.78 is 49.5. The van der Waals surface area contributed by atoms with Crippen molar-refractivity contribution >= 4 is 15.2 Å². The van der Waals surface area contributed by atoms with Gasteiger partial charge >= 0.3 is 15.2 Å². The van der Waals surface area contributed by atoms with Crippen LogP contribution in [0.4, 0.5) is 0 Å². The average molecular weight is 318 g/mol. The van der Waals surface area contributed by atoms with E-state index in [-0.39, 0.29) is 39.1 Å². The molecule has 0 N–H and O–H groups in total. The molecule has 0 aliphatic carbocycles. The lowest BCUT2D eigenvalue weighted by Gasteiger charge is -2.20. The molecule has 0 radical (unpaired) electrons. The average Bonchev–Trinajstić information content (AvgIpc) is 2.29. The molecule has 0 rings (SSSR count). The first-order chi connectivity index (χ1) is 8.95. The Bertz CT molecular complexity index is 271. The Morgan fingerprint density at radius 2 is 0.895 bits per heavy atom. The van der Waals surface area contributed by atoms with Crippen LogP contribution in [-0.4, -0.2) is 39.1 Å². The van der Waals surface area contributed by atoms with Crippen LogP contribution >= 0.6 is 15.2 Å². The van der Waals surface area contributed by atoms with E-state index in [4.69, 9.17) is 22.8 Å². The van der Waals surface area contributed by atoms with E-state index >= 15 is 0 Å². The normalized spacial score (nSPS) is 12.8. The van der Waals surface area contributed by atoms with Crippen molar-refractivity contribution in [1.82, 2.24) is 0 Å². The summed E-state index contributed by atoms with van der Waals surface area (Å²) in [4.78, 5) is 0. The van der Waals surface area contributed by atoms with E-state index in [1.54, 1.807) is 27.7 Å². The molecule has 0 aromatic carbocycles. The van der Waals surface area contributed by atoms with E-state index in [2.05, 4.69) is 0 Å². The van der Waals surface area contributed by atoms with E-state index in [0.29, 0.717) is 0 Å². The predicted molar refractivity (Wildman–Crippen MR) is 72.5 cm³/mol. The third kappa shape index (κ3) is 8.20. The van der Waals surface area contributed by atoms with Gasteiger partial charge in [0.05, 0.1) is 26.4 Å². The Balaban J connectivity index is 4.36. The molecule has 0 aromatic rings. The van der Waals surface area contributed by atoms with Gasteiger partial charge in [-0.1, -0.05) is 0 Å². The Morgan fingerprint density at radius 1 is 0.632 bits per heavy atom. The first kappa shape index (κ1) is 19.3. The Hall–Kier alpha value is 0.260. The molecule has 19 heavy (non-hydrogen) atoms. The minimum Gasteiger partial charge on any atom is -0.356 e. The van der Waals surface area contributed by atoms with Crippen molar-refractivity contribution < 1.29 is 32.0 Å². The van der Waals surface area contributed by atoms with Gasteiger partial charge in [0.1, 0.15) is 12.7 Å². The molecule has 0 aliphatic heterocycles. The summed E-state index contributed by atoms with van der Waals surface area (Å²) in [6.07, 6.45) is -0.558. The maximum absolute atomic E-state index is 12.1. The summed E-state index contributed by atoms with van der Waals surface area (Å²) in [5.41, 5.74) is 0. The second kappa shape index (κ2) is 10.1. The van der Waals surface area contributed by atoms with E-state index in [9.17, 15) is 9.13 Å². The summed E-state index contributed by atoms with van der Waals surface area (Å²) in [6, 6.07) is 0. The number of hydrogen-bond acceptors (Lipinski definition) is 7. The van der Waals surface area contributed by atoms with Crippen molar-refractivity contribution in [3.8, 4) is 0 Å². The maximum atomic E-state index is 12.1. The Morgan fingerprint density at radius 3 is 1.11 bits per heavy atom. The van der Waals surface area contributed by atoms with Gasteiger partial charge in [0, 0.05) is 0 Å². The van der Waals surface area contributed by atoms with Crippen LogP contribution < -0.4 is 0 Å². The van der Waals surface area contributed by atoms with Crippen molar-refractivity contribution in [1.29, 1.82) is 0 Å². The smallest absolute Gasteiger partial charge is 0.356 e. The molecule has 9 heteroatoms. The molecule has 116 valence electrons.